The van der Waals surface area contributed by atoms with E-state index in [1.807, 2.05) is 48.5 Å². The van der Waals surface area contributed by atoms with Crippen molar-refractivity contribution in [2.45, 2.75) is 30.6 Å². The van der Waals surface area contributed by atoms with Crippen molar-refractivity contribution in [2.75, 3.05) is 19.8 Å². The Labute approximate surface area is 166 Å². The number of benzene rings is 2. The number of alkyl halides is 2. The average molecular weight is 401 g/mol. The zero-order chi connectivity index (χ0) is 20.1. The van der Waals surface area contributed by atoms with Crippen molar-refractivity contribution >= 4 is 6.09 Å². The molecule has 1 aliphatic carbocycles. The topological polar surface area (TPSA) is 59.0 Å². The summed E-state index contributed by atoms with van der Waals surface area (Å²) in [6, 6.07) is 15.2. The molecule has 2 aromatic rings. The number of amides is 1. The highest BCUT2D eigenvalue weighted by Gasteiger charge is 2.55. The molecule has 0 spiro atoms. The van der Waals surface area contributed by atoms with E-state index in [1.165, 1.54) is 4.90 Å². The van der Waals surface area contributed by atoms with Crippen LogP contribution in [0.2, 0.25) is 0 Å². The summed E-state index contributed by atoms with van der Waals surface area (Å²) in [5, 5.41) is 10.1. The van der Waals surface area contributed by atoms with E-state index < -0.39 is 36.7 Å². The molecular formula is C22H21F2NO4. The number of halogens is 2. The SMILES string of the molecule is O=C(OCC1c2ccccc2-c2ccccc21)N1C[C@H](C(F)F)[C@H]2OC[C@H](O)[C@H]21. The molecule has 3 aliphatic rings. The number of carbonyl (C=O) groups is 1. The lowest BCUT2D eigenvalue weighted by molar-refractivity contribution is -0.00819. The van der Waals surface area contributed by atoms with E-state index in [2.05, 4.69) is 0 Å². The minimum absolute atomic E-state index is 0.0499. The van der Waals surface area contributed by atoms with Gasteiger partial charge in [-0.3, -0.25) is 4.90 Å². The van der Waals surface area contributed by atoms with Gasteiger partial charge in [-0.1, -0.05) is 48.5 Å². The molecule has 152 valence electrons. The zero-order valence-corrected chi connectivity index (χ0v) is 15.6. The van der Waals surface area contributed by atoms with Gasteiger partial charge in [-0.2, -0.15) is 0 Å². The molecule has 2 saturated heterocycles. The van der Waals surface area contributed by atoms with Crippen LogP contribution in [0.5, 0.6) is 0 Å². The largest absolute Gasteiger partial charge is 0.448 e. The quantitative estimate of drug-likeness (QED) is 0.858. The second-order valence-electron chi connectivity index (χ2n) is 7.81. The Bertz CT molecular complexity index is 891. The third-order valence-corrected chi connectivity index (χ3v) is 6.27. The fourth-order valence-corrected chi connectivity index (χ4v) is 4.94. The lowest BCUT2D eigenvalue weighted by atomic mass is 9.98. The number of ether oxygens (including phenoxy) is 2. The predicted molar refractivity (Wildman–Crippen MR) is 101 cm³/mol. The van der Waals surface area contributed by atoms with Crippen LogP contribution >= 0.6 is 0 Å². The Morgan fingerprint density at radius 3 is 2.38 bits per heavy atom. The normalized spacial score (nSPS) is 27.8. The van der Waals surface area contributed by atoms with Crippen LogP contribution in [-0.4, -0.2) is 60.5 Å². The Balaban J connectivity index is 1.35. The van der Waals surface area contributed by atoms with Gasteiger partial charge >= 0.3 is 6.09 Å². The van der Waals surface area contributed by atoms with Gasteiger partial charge in [0.15, 0.2) is 0 Å². The molecule has 0 bridgehead atoms. The number of aliphatic hydroxyl groups excluding tert-OH is 1. The lowest BCUT2D eigenvalue weighted by Gasteiger charge is -2.25. The van der Waals surface area contributed by atoms with Gasteiger partial charge in [-0.15, -0.1) is 0 Å². The van der Waals surface area contributed by atoms with Crippen molar-refractivity contribution in [3.63, 3.8) is 0 Å². The third kappa shape index (κ3) is 2.91. The first-order valence-corrected chi connectivity index (χ1v) is 9.75. The number of rotatable bonds is 3. The van der Waals surface area contributed by atoms with E-state index in [4.69, 9.17) is 9.47 Å². The molecule has 0 unspecified atom stereocenters. The van der Waals surface area contributed by atoms with Crippen molar-refractivity contribution in [3.05, 3.63) is 59.7 Å². The zero-order valence-electron chi connectivity index (χ0n) is 15.6. The van der Waals surface area contributed by atoms with Gasteiger partial charge < -0.3 is 14.6 Å². The van der Waals surface area contributed by atoms with Gasteiger partial charge in [-0.25, -0.2) is 13.6 Å². The third-order valence-electron chi connectivity index (χ3n) is 6.27. The summed E-state index contributed by atoms with van der Waals surface area (Å²) < 4.78 is 37.6. The first-order valence-electron chi connectivity index (χ1n) is 9.75. The number of carbonyl (C=O) groups excluding carboxylic acids is 1. The van der Waals surface area contributed by atoms with Crippen molar-refractivity contribution < 1.29 is 28.2 Å². The predicted octanol–water partition coefficient (Wildman–Crippen LogP) is 3.26. The highest BCUT2D eigenvalue weighted by Crippen LogP contribution is 2.45. The van der Waals surface area contributed by atoms with Gasteiger partial charge in [0.1, 0.15) is 12.7 Å². The van der Waals surface area contributed by atoms with Gasteiger partial charge in [0.25, 0.3) is 0 Å². The molecule has 4 atom stereocenters. The van der Waals surface area contributed by atoms with Gasteiger partial charge in [0, 0.05) is 12.5 Å². The molecule has 1 N–H and O–H groups in total. The van der Waals surface area contributed by atoms with E-state index in [1.54, 1.807) is 0 Å². The maximum absolute atomic E-state index is 13.4. The summed E-state index contributed by atoms with van der Waals surface area (Å²) >= 11 is 0. The van der Waals surface area contributed by atoms with Crippen LogP contribution in [0.15, 0.2) is 48.5 Å². The van der Waals surface area contributed by atoms with Crippen LogP contribution in [0, 0.1) is 5.92 Å². The van der Waals surface area contributed by atoms with Crippen LogP contribution in [0.1, 0.15) is 17.0 Å². The van der Waals surface area contributed by atoms with Gasteiger partial charge in [-0.05, 0) is 22.3 Å². The van der Waals surface area contributed by atoms with Crippen LogP contribution in [0.3, 0.4) is 0 Å². The minimum Gasteiger partial charge on any atom is -0.448 e. The summed E-state index contributed by atoms with van der Waals surface area (Å²) in [6.45, 7) is -0.122. The molecule has 0 radical (unpaired) electrons. The average Bonchev–Trinajstić information content (AvgIpc) is 3.38. The molecular weight excluding hydrogens is 380 g/mol. The minimum atomic E-state index is -2.63. The second-order valence-corrected chi connectivity index (χ2v) is 7.81. The Morgan fingerprint density at radius 2 is 1.76 bits per heavy atom. The Hall–Kier alpha value is -2.51. The number of nitrogens with zero attached hydrogens (tertiary/aromatic N) is 1. The molecule has 2 aliphatic heterocycles. The van der Waals surface area contributed by atoms with E-state index in [9.17, 15) is 18.7 Å². The molecule has 5 nitrogen and oxygen atoms in total. The monoisotopic (exact) mass is 401 g/mol. The molecule has 5 rings (SSSR count). The van der Waals surface area contributed by atoms with Crippen molar-refractivity contribution in [1.82, 2.24) is 4.90 Å². The molecule has 0 saturated carbocycles. The lowest BCUT2D eigenvalue weighted by Crippen LogP contribution is -2.44. The molecule has 29 heavy (non-hydrogen) atoms. The summed E-state index contributed by atoms with van der Waals surface area (Å²) in [4.78, 5) is 14.0. The highest BCUT2D eigenvalue weighted by molar-refractivity contribution is 5.79. The van der Waals surface area contributed by atoms with Crippen LogP contribution in [0.25, 0.3) is 11.1 Å². The molecule has 7 heteroatoms. The first kappa shape index (κ1) is 18.5. The van der Waals surface area contributed by atoms with Crippen LogP contribution in [-0.2, 0) is 9.47 Å². The first-order chi connectivity index (χ1) is 14.1. The number of fused-ring (bicyclic) bond motifs is 4. The van der Waals surface area contributed by atoms with Crippen LogP contribution < -0.4 is 0 Å². The maximum Gasteiger partial charge on any atom is 0.410 e. The number of likely N-dealkylation sites (tertiary alicyclic amines) is 1. The maximum atomic E-state index is 13.4. The Kier molecular flexibility index (Phi) is 4.52. The number of hydrogen-bond donors (Lipinski definition) is 1. The highest BCUT2D eigenvalue weighted by atomic mass is 19.3. The van der Waals surface area contributed by atoms with Crippen LogP contribution in [0.4, 0.5) is 13.6 Å². The molecule has 2 aromatic carbocycles. The van der Waals surface area contributed by atoms with E-state index in [0.717, 1.165) is 22.3 Å². The van der Waals surface area contributed by atoms with Crippen molar-refractivity contribution in [3.8, 4) is 11.1 Å². The van der Waals surface area contributed by atoms with Gasteiger partial charge in [0.2, 0.25) is 6.43 Å². The second kappa shape index (κ2) is 7.07. The molecule has 1 amide bonds. The van der Waals surface area contributed by atoms with Crippen molar-refractivity contribution in [1.29, 1.82) is 0 Å². The molecule has 2 heterocycles. The standard InChI is InChI=1S/C22H21F2NO4/c23-21(24)16-9-25(19-18(26)11-28-20(16)19)22(27)29-10-17-14-7-3-1-5-12(14)13-6-2-4-8-15(13)17/h1-8,16-21,26H,9-11H2/t16-,18-,19+,20+/m0/s1. The number of aliphatic hydroxyl groups is 1. The summed E-state index contributed by atoms with van der Waals surface area (Å²) in [7, 11) is 0. The fraction of sp³-hybridized carbons (Fsp3) is 0.409. The van der Waals surface area contributed by atoms with Crippen molar-refractivity contribution in [2.24, 2.45) is 5.92 Å². The number of hydrogen-bond acceptors (Lipinski definition) is 4. The summed E-state index contributed by atoms with van der Waals surface area (Å²) in [5.41, 5.74) is 4.39. The molecule has 2 fully saturated rings. The van der Waals surface area contributed by atoms with E-state index >= 15 is 0 Å². The van der Waals surface area contributed by atoms with Gasteiger partial charge in [0.05, 0.1) is 24.7 Å². The van der Waals surface area contributed by atoms with E-state index in [-0.39, 0.29) is 25.7 Å². The fourth-order valence-electron chi connectivity index (χ4n) is 4.94. The molecule has 0 aromatic heterocycles. The summed E-state index contributed by atoms with van der Waals surface area (Å²) in [5.74, 6) is -1.22. The summed E-state index contributed by atoms with van der Waals surface area (Å²) in [6.07, 6.45) is -5.15. The smallest absolute Gasteiger partial charge is 0.410 e. The van der Waals surface area contributed by atoms with E-state index in [0.29, 0.717) is 0 Å². The Morgan fingerprint density at radius 1 is 1.14 bits per heavy atom.